The molecule has 0 aliphatic heterocycles. The van der Waals surface area contributed by atoms with Crippen LogP contribution in [-0.4, -0.2) is 10.1 Å². The highest BCUT2D eigenvalue weighted by molar-refractivity contribution is 6.30. The number of aliphatic hydroxyl groups is 1. The maximum atomic E-state index is 12.8. The van der Waals surface area contributed by atoms with Gasteiger partial charge in [-0.05, 0) is 17.7 Å². The van der Waals surface area contributed by atoms with Crippen LogP contribution in [0.25, 0.3) is 0 Å². The maximum absolute atomic E-state index is 12.8. The summed E-state index contributed by atoms with van der Waals surface area (Å²) in [5, 5.41) is 9.24. The minimum Gasteiger partial charge on any atom is -0.456 e. The normalized spacial score (nSPS) is 11.4. The maximum Gasteiger partial charge on any atom is 0.416 e. The molecule has 0 amide bonds. The van der Waals surface area contributed by atoms with Gasteiger partial charge in [0.25, 0.3) is 0 Å². The fraction of sp³-hybridized carbons (Fsp3) is 0.154. The lowest BCUT2D eigenvalue weighted by atomic mass is 10.1. The average Bonchev–Trinajstić information content (AvgIpc) is 2.37. The Balaban J connectivity index is 2.34. The molecule has 2 aromatic rings. The molecule has 0 aliphatic rings. The van der Waals surface area contributed by atoms with E-state index < -0.39 is 18.3 Å². The number of aromatic nitrogens is 1. The quantitative estimate of drug-likeness (QED) is 0.930. The fourth-order valence-electron chi connectivity index (χ4n) is 1.61. The lowest BCUT2D eigenvalue weighted by Gasteiger charge is -2.13. The molecular weight excluding hydrogens is 295 g/mol. The van der Waals surface area contributed by atoms with E-state index in [9.17, 15) is 13.2 Å². The first-order chi connectivity index (χ1) is 9.40. The van der Waals surface area contributed by atoms with Gasteiger partial charge in [-0.1, -0.05) is 17.7 Å². The Morgan fingerprint density at radius 1 is 1.15 bits per heavy atom. The van der Waals surface area contributed by atoms with Crippen molar-refractivity contribution in [3.63, 3.8) is 0 Å². The van der Waals surface area contributed by atoms with Crippen molar-refractivity contribution in [1.82, 2.24) is 4.98 Å². The summed E-state index contributed by atoms with van der Waals surface area (Å²) in [4.78, 5) is 3.77. The highest BCUT2D eigenvalue weighted by Crippen LogP contribution is 2.35. The van der Waals surface area contributed by atoms with Crippen molar-refractivity contribution in [2.75, 3.05) is 0 Å². The summed E-state index contributed by atoms with van der Waals surface area (Å²) in [5.74, 6) is 0.209. The zero-order valence-corrected chi connectivity index (χ0v) is 10.7. The monoisotopic (exact) mass is 303 g/mol. The van der Waals surface area contributed by atoms with Crippen LogP contribution < -0.4 is 4.74 Å². The molecule has 1 heterocycles. The predicted octanol–water partition coefficient (Wildman–Crippen LogP) is 4.04. The summed E-state index contributed by atoms with van der Waals surface area (Å²) >= 11 is 5.71. The molecule has 0 bridgehead atoms. The van der Waals surface area contributed by atoms with Gasteiger partial charge < -0.3 is 9.84 Å². The van der Waals surface area contributed by atoms with E-state index in [1.165, 1.54) is 24.5 Å². The first kappa shape index (κ1) is 14.6. The van der Waals surface area contributed by atoms with Gasteiger partial charge in [0.1, 0.15) is 11.5 Å². The first-order valence-electron chi connectivity index (χ1n) is 5.49. The van der Waals surface area contributed by atoms with E-state index in [0.29, 0.717) is 5.02 Å². The Hall–Kier alpha value is -1.79. The third-order valence-electron chi connectivity index (χ3n) is 2.47. The lowest BCUT2D eigenvalue weighted by molar-refractivity contribution is -0.138. The van der Waals surface area contributed by atoms with Crippen LogP contribution in [-0.2, 0) is 12.8 Å². The molecule has 3 nitrogen and oxygen atoms in total. The van der Waals surface area contributed by atoms with Crippen LogP contribution in [0.3, 0.4) is 0 Å². The van der Waals surface area contributed by atoms with Gasteiger partial charge in [0.05, 0.1) is 23.4 Å². The van der Waals surface area contributed by atoms with E-state index in [0.717, 1.165) is 12.1 Å². The van der Waals surface area contributed by atoms with Gasteiger partial charge in [0.15, 0.2) is 0 Å². The summed E-state index contributed by atoms with van der Waals surface area (Å²) in [6.45, 7) is -0.701. The number of alkyl halides is 3. The van der Waals surface area contributed by atoms with Gasteiger partial charge in [-0.2, -0.15) is 13.2 Å². The largest absolute Gasteiger partial charge is 0.456 e. The van der Waals surface area contributed by atoms with Crippen LogP contribution in [0.4, 0.5) is 13.2 Å². The van der Waals surface area contributed by atoms with Crippen LogP contribution in [0.15, 0.2) is 36.7 Å². The van der Waals surface area contributed by atoms with Crippen LogP contribution in [0.2, 0.25) is 5.02 Å². The molecular formula is C13H9ClF3NO2. The van der Waals surface area contributed by atoms with Crippen molar-refractivity contribution >= 4 is 11.6 Å². The van der Waals surface area contributed by atoms with Crippen LogP contribution in [0.5, 0.6) is 11.5 Å². The Kier molecular flexibility index (Phi) is 4.15. The molecule has 0 radical (unpaired) electrons. The number of ether oxygens (including phenoxy) is 1. The van der Waals surface area contributed by atoms with E-state index in [-0.39, 0.29) is 17.1 Å². The van der Waals surface area contributed by atoms with E-state index >= 15 is 0 Å². The zero-order chi connectivity index (χ0) is 14.8. The Morgan fingerprint density at radius 2 is 1.90 bits per heavy atom. The highest BCUT2D eigenvalue weighted by Gasteiger charge is 2.33. The molecule has 1 aromatic carbocycles. The predicted molar refractivity (Wildman–Crippen MR) is 66.7 cm³/mol. The van der Waals surface area contributed by atoms with Crippen molar-refractivity contribution in [2.45, 2.75) is 12.8 Å². The van der Waals surface area contributed by atoms with E-state index in [2.05, 4.69) is 4.98 Å². The van der Waals surface area contributed by atoms with Gasteiger partial charge in [-0.3, -0.25) is 4.98 Å². The van der Waals surface area contributed by atoms with E-state index in [1.807, 2.05) is 0 Å². The zero-order valence-electron chi connectivity index (χ0n) is 9.99. The number of hydrogen-bond donors (Lipinski definition) is 1. The molecule has 7 heteroatoms. The summed E-state index contributed by atoms with van der Waals surface area (Å²) in [6, 6.07) is 4.76. The van der Waals surface area contributed by atoms with Crippen molar-refractivity contribution in [1.29, 1.82) is 0 Å². The number of nitrogens with zero attached hydrogens (tertiary/aromatic N) is 1. The van der Waals surface area contributed by atoms with E-state index in [1.54, 1.807) is 0 Å². The molecule has 0 aliphatic carbocycles. The highest BCUT2D eigenvalue weighted by atomic mass is 35.5. The third-order valence-corrected chi connectivity index (χ3v) is 2.68. The first-order valence-corrected chi connectivity index (χ1v) is 5.87. The van der Waals surface area contributed by atoms with Crippen LogP contribution in [0, 0.1) is 0 Å². The smallest absolute Gasteiger partial charge is 0.416 e. The van der Waals surface area contributed by atoms with Crippen molar-refractivity contribution in [3.05, 3.63) is 52.8 Å². The number of benzene rings is 1. The molecule has 0 unspecified atom stereocenters. The minimum absolute atomic E-state index is 0.0152. The van der Waals surface area contributed by atoms with Gasteiger partial charge in [-0.15, -0.1) is 0 Å². The Labute approximate surface area is 117 Å². The second-order valence-electron chi connectivity index (χ2n) is 3.92. The van der Waals surface area contributed by atoms with Gasteiger partial charge in [0, 0.05) is 12.3 Å². The molecule has 1 aromatic heterocycles. The lowest BCUT2D eigenvalue weighted by Crippen LogP contribution is -2.09. The molecule has 2 rings (SSSR count). The van der Waals surface area contributed by atoms with Crippen LogP contribution in [0.1, 0.15) is 11.1 Å². The van der Waals surface area contributed by atoms with E-state index in [4.69, 9.17) is 21.4 Å². The molecule has 0 spiro atoms. The molecule has 20 heavy (non-hydrogen) atoms. The molecule has 1 N–H and O–H groups in total. The summed E-state index contributed by atoms with van der Waals surface area (Å²) in [6.07, 6.45) is -1.85. The summed E-state index contributed by atoms with van der Waals surface area (Å²) < 4.78 is 43.7. The molecule has 106 valence electrons. The summed E-state index contributed by atoms with van der Waals surface area (Å²) in [5.41, 5.74) is -1.15. The Bertz CT molecular complexity index is 617. The standard InChI is InChI=1S/C13H9ClF3NO2/c14-9-3-11(6-18-5-9)20-10-2-1-8(7-19)12(4-10)13(15,16)17/h1-6,19H,7H2. The van der Waals surface area contributed by atoms with Crippen molar-refractivity contribution < 1.29 is 23.0 Å². The van der Waals surface area contributed by atoms with Crippen molar-refractivity contribution in [3.8, 4) is 11.5 Å². The second kappa shape index (κ2) is 5.68. The second-order valence-corrected chi connectivity index (χ2v) is 4.35. The number of hydrogen-bond acceptors (Lipinski definition) is 3. The number of pyridine rings is 1. The number of aliphatic hydroxyl groups excluding tert-OH is 1. The van der Waals surface area contributed by atoms with Gasteiger partial charge >= 0.3 is 6.18 Å². The van der Waals surface area contributed by atoms with Crippen molar-refractivity contribution in [2.24, 2.45) is 0 Å². The third kappa shape index (κ3) is 3.40. The Morgan fingerprint density at radius 3 is 2.50 bits per heavy atom. The van der Waals surface area contributed by atoms with Gasteiger partial charge in [-0.25, -0.2) is 0 Å². The SMILES string of the molecule is OCc1ccc(Oc2cncc(Cl)c2)cc1C(F)(F)F. The summed E-state index contributed by atoms with van der Waals surface area (Å²) in [7, 11) is 0. The number of rotatable bonds is 3. The van der Waals surface area contributed by atoms with Gasteiger partial charge in [0.2, 0.25) is 0 Å². The minimum atomic E-state index is -4.57. The molecule has 0 saturated carbocycles. The number of halogens is 4. The topological polar surface area (TPSA) is 42.4 Å². The molecule has 0 saturated heterocycles. The molecule has 0 atom stereocenters. The molecule has 0 fully saturated rings. The van der Waals surface area contributed by atoms with Crippen LogP contribution >= 0.6 is 11.6 Å². The fourth-order valence-corrected chi connectivity index (χ4v) is 1.77. The average molecular weight is 304 g/mol.